The lowest BCUT2D eigenvalue weighted by Gasteiger charge is -2.15. The number of aliphatic hydroxyl groups excluding tert-OH is 1. The van der Waals surface area contributed by atoms with Crippen LogP contribution in [0.4, 0.5) is 0 Å². The summed E-state index contributed by atoms with van der Waals surface area (Å²) in [6.07, 6.45) is 70.5. The SMILES string of the molecule is CC/C=C\C/C=C\C/C=C\C/C=C\C/C=C\C/C=C\C/C=C\C/C=C\CCCCC(=O)OC(CO)COC(=O)C/C=C\C/C=C\C/C=C\C/C=C\C/C=C\CC. The summed E-state index contributed by atoms with van der Waals surface area (Å²) >= 11 is 0. The van der Waals surface area contributed by atoms with Crippen LogP contribution in [0.15, 0.2) is 158 Å². The molecule has 308 valence electrons. The van der Waals surface area contributed by atoms with Gasteiger partial charge < -0.3 is 14.6 Å². The van der Waals surface area contributed by atoms with Crippen LogP contribution < -0.4 is 0 Å². The zero-order chi connectivity index (χ0) is 40.7. The second kappa shape index (κ2) is 44.9. The normalized spacial score (nSPS) is 13.8. The molecule has 56 heavy (non-hydrogen) atoms. The van der Waals surface area contributed by atoms with Crippen molar-refractivity contribution >= 4 is 11.9 Å². The molecule has 0 rings (SSSR count). The molecule has 0 saturated carbocycles. The molecule has 5 heteroatoms. The summed E-state index contributed by atoms with van der Waals surface area (Å²) in [7, 11) is 0. The Balaban J connectivity index is 3.83. The third-order valence-electron chi connectivity index (χ3n) is 7.85. The molecule has 0 radical (unpaired) electrons. The van der Waals surface area contributed by atoms with Crippen LogP contribution in [-0.2, 0) is 19.1 Å². The first-order valence-corrected chi connectivity index (χ1v) is 21.0. The number of carbonyl (C=O) groups excluding carboxylic acids is 2. The molecular weight excluding hydrogens is 693 g/mol. The van der Waals surface area contributed by atoms with Gasteiger partial charge in [0, 0.05) is 6.42 Å². The molecule has 0 heterocycles. The number of unbranched alkanes of at least 4 members (excludes halogenated alkanes) is 2. The van der Waals surface area contributed by atoms with Crippen molar-refractivity contribution in [2.45, 2.75) is 136 Å². The van der Waals surface area contributed by atoms with E-state index in [1.54, 1.807) is 6.08 Å². The Kier molecular flexibility index (Phi) is 41.3. The maximum absolute atomic E-state index is 12.2. The maximum atomic E-state index is 12.2. The van der Waals surface area contributed by atoms with E-state index < -0.39 is 18.7 Å². The molecule has 0 amide bonds. The molecule has 1 atom stereocenters. The molecule has 0 aliphatic heterocycles. The highest BCUT2D eigenvalue weighted by Crippen LogP contribution is 2.06. The predicted molar refractivity (Wildman–Crippen MR) is 241 cm³/mol. The van der Waals surface area contributed by atoms with Gasteiger partial charge in [0.25, 0.3) is 0 Å². The fraction of sp³-hybridized carbons (Fsp3) is 0.451. The van der Waals surface area contributed by atoms with E-state index in [4.69, 9.17) is 9.47 Å². The van der Waals surface area contributed by atoms with Crippen LogP contribution in [0.5, 0.6) is 0 Å². The van der Waals surface area contributed by atoms with E-state index in [0.29, 0.717) is 6.42 Å². The van der Waals surface area contributed by atoms with Gasteiger partial charge in [-0.05, 0) is 103 Å². The van der Waals surface area contributed by atoms with Crippen molar-refractivity contribution in [1.82, 2.24) is 0 Å². The number of hydrogen-bond donors (Lipinski definition) is 1. The third-order valence-corrected chi connectivity index (χ3v) is 7.85. The molecule has 1 N–H and O–H groups in total. The average molecular weight is 767 g/mol. The number of allylic oxidation sites excluding steroid dienone is 25. The van der Waals surface area contributed by atoms with Gasteiger partial charge in [0.1, 0.15) is 6.61 Å². The Labute approximate surface area is 341 Å². The smallest absolute Gasteiger partial charge is 0.309 e. The monoisotopic (exact) mass is 767 g/mol. The first-order chi connectivity index (χ1) is 27.6. The van der Waals surface area contributed by atoms with E-state index in [1.165, 1.54) is 0 Å². The van der Waals surface area contributed by atoms with Crippen LogP contribution in [0.3, 0.4) is 0 Å². The van der Waals surface area contributed by atoms with Crippen molar-refractivity contribution in [1.29, 1.82) is 0 Å². The summed E-state index contributed by atoms with van der Waals surface area (Å²) in [6.45, 7) is 3.75. The van der Waals surface area contributed by atoms with Crippen LogP contribution in [0, 0.1) is 0 Å². The quantitative estimate of drug-likeness (QED) is 0.0395. The second-order valence-corrected chi connectivity index (χ2v) is 13.0. The van der Waals surface area contributed by atoms with Gasteiger partial charge in [-0.3, -0.25) is 9.59 Å². The molecular formula is C51H74O5. The summed E-state index contributed by atoms with van der Waals surface area (Å²) in [5, 5.41) is 9.55. The van der Waals surface area contributed by atoms with E-state index >= 15 is 0 Å². The summed E-state index contributed by atoms with van der Waals surface area (Å²) in [5.74, 6) is -0.810. The molecule has 0 spiro atoms. The zero-order valence-electron chi connectivity index (χ0n) is 34.8. The Bertz CT molecular complexity index is 1330. The molecule has 0 aromatic heterocycles. The van der Waals surface area contributed by atoms with E-state index in [9.17, 15) is 14.7 Å². The van der Waals surface area contributed by atoms with Crippen LogP contribution in [0.25, 0.3) is 0 Å². The molecule has 0 aliphatic carbocycles. The molecule has 0 aromatic carbocycles. The van der Waals surface area contributed by atoms with Crippen molar-refractivity contribution in [3.63, 3.8) is 0 Å². The van der Waals surface area contributed by atoms with Crippen molar-refractivity contribution in [3.05, 3.63) is 158 Å². The van der Waals surface area contributed by atoms with Gasteiger partial charge >= 0.3 is 11.9 Å². The van der Waals surface area contributed by atoms with E-state index in [-0.39, 0.29) is 25.4 Å². The molecule has 0 saturated heterocycles. The van der Waals surface area contributed by atoms with Crippen LogP contribution in [0.2, 0.25) is 0 Å². The van der Waals surface area contributed by atoms with Crippen LogP contribution in [0.1, 0.15) is 129 Å². The molecule has 1 unspecified atom stereocenters. The lowest BCUT2D eigenvalue weighted by Crippen LogP contribution is -2.28. The van der Waals surface area contributed by atoms with Gasteiger partial charge in [0.2, 0.25) is 0 Å². The number of carbonyl (C=O) groups is 2. The van der Waals surface area contributed by atoms with E-state index in [1.807, 2.05) is 6.08 Å². The van der Waals surface area contributed by atoms with Crippen LogP contribution in [-0.4, -0.2) is 36.4 Å². The summed E-state index contributed by atoms with van der Waals surface area (Å²) < 4.78 is 10.5. The fourth-order valence-electron chi connectivity index (χ4n) is 4.76. The van der Waals surface area contributed by atoms with Gasteiger partial charge in [0.15, 0.2) is 6.10 Å². The highest BCUT2D eigenvalue weighted by Gasteiger charge is 2.15. The minimum Gasteiger partial charge on any atom is -0.461 e. The zero-order valence-corrected chi connectivity index (χ0v) is 34.8. The highest BCUT2D eigenvalue weighted by molar-refractivity contribution is 5.71. The maximum Gasteiger partial charge on any atom is 0.309 e. The molecule has 0 fully saturated rings. The Morgan fingerprint density at radius 2 is 0.750 bits per heavy atom. The number of esters is 2. The minimum atomic E-state index is -0.848. The van der Waals surface area contributed by atoms with E-state index in [0.717, 1.165) is 96.3 Å². The Morgan fingerprint density at radius 1 is 0.429 bits per heavy atom. The van der Waals surface area contributed by atoms with Crippen molar-refractivity contribution in [3.8, 4) is 0 Å². The number of aliphatic hydroxyl groups is 1. The Morgan fingerprint density at radius 3 is 1.09 bits per heavy atom. The topological polar surface area (TPSA) is 72.8 Å². The summed E-state index contributed by atoms with van der Waals surface area (Å²) in [6, 6.07) is 0. The second-order valence-electron chi connectivity index (χ2n) is 13.0. The van der Waals surface area contributed by atoms with Crippen molar-refractivity contribution in [2.24, 2.45) is 0 Å². The molecule has 0 bridgehead atoms. The lowest BCUT2D eigenvalue weighted by molar-refractivity contribution is -0.161. The lowest BCUT2D eigenvalue weighted by atomic mass is 10.2. The van der Waals surface area contributed by atoms with Crippen LogP contribution >= 0.6 is 0 Å². The van der Waals surface area contributed by atoms with Gasteiger partial charge in [-0.15, -0.1) is 0 Å². The largest absolute Gasteiger partial charge is 0.461 e. The number of rotatable bonds is 35. The van der Waals surface area contributed by atoms with Crippen molar-refractivity contribution < 1.29 is 24.2 Å². The highest BCUT2D eigenvalue weighted by atomic mass is 16.6. The average Bonchev–Trinajstić information content (AvgIpc) is 3.20. The van der Waals surface area contributed by atoms with Crippen molar-refractivity contribution in [2.75, 3.05) is 13.2 Å². The standard InChI is InChI=1S/C51H74O5/c1-3-5-7-9-11-13-15-17-19-20-21-22-23-24-25-26-27-28-29-30-32-34-36-38-40-42-44-46-51(54)56-49(47-52)48-55-50(53)45-43-41-39-37-35-33-31-18-16-14-12-10-8-6-4-2/h5-8,11-14,17-19,21-22,24-25,27-28,30-32,35-38,41,43,49,52H,3-4,9-10,15-16,20,23,26,29,33-34,39-40,42,44-48H2,1-2H3/b7-5-,8-6-,13-11-,14-12-,19-17-,22-21-,25-24-,28-27-,31-18-,32-30-,37-35-,38-36-,43-41-. The van der Waals surface area contributed by atoms with Gasteiger partial charge in [-0.25, -0.2) is 0 Å². The first-order valence-electron chi connectivity index (χ1n) is 21.0. The van der Waals surface area contributed by atoms with Gasteiger partial charge in [-0.2, -0.15) is 0 Å². The van der Waals surface area contributed by atoms with Gasteiger partial charge in [0.05, 0.1) is 13.0 Å². The van der Waals surface area contributed by atoms with Gasteiger partial charge in [-0.1, -0.05) is 172 Å². The third kappa shape index (κ3) is 42.3. The molecule has 0 aromatic rings. The molecule has 5 nitrogen and oxygen atoms in total. The minimum absolute atomic E-state index is 0.131. The molecule has 0 aliphatic rings. The predicted octanol–water partition coefficient (Wildman–Crippen LogP) is 13.7. The Hall–Kier alpha value is -4.48. The summed E-state index contributed by atoms with van der Waals surface area (Å²) in [4.78, 5) is 24.2. The fourth-order valence-corrected chi connectivity index (χ4v) is 4.76. The number of ether oxygens (including phenoxy) is 2. The number of hydrogen-bond acceptors (Lipinski definition) is 5. The first kappa shape index (κ1) is 51.5. The summed E-state index contributed by atoms with van der Waals surface area (Å²) in [5.41, 5.74) is 0. The van der Waals surface area contributed by atoms with E-state index in [2.05, 4.69) is 160 Å².